The van der Waals surface area contributed by atoms with Crippen LogP contribution in [0.3, 0.4) is 0 Å². The Hall–Kier alpha value is -8.54. The van der Waals surface area contributed by atoms with E-state index >= 15 is 0 Å². The summed E-state index contributed by atoms with van der Waals surface area (Å²) in [5, 5.41) is 5.28. The lowest BCUT2D eigenvalue weighted by atomic mass is 9.99. The van der Waals surface area contributed by atoms with Gasteiger partial charge in [-0.05, 0) is 154 Å². The van der Waals surface area contributed by atoms with E-state index in [9.17, 15) is 0 Å². The minimum Gasteiger partial charge on any atom is -0.311 e. The standard InChI is InChI=1S/C66H44N2S2/c1-3-11-53(12-4-1)67(57-37-27-49(28-38-57)51-31-41-65-61(43-51)59-15-7-9-17-63(59)69-65)55-33-23-47(24-34-55)45-19-21-46(22-20-45)48-25-35-56(36-26-48)68(54-13-5-2-6-14-54)58-39-29-50(30-40-58)52-32-42-66-62(44-52)60-16-8-10-18-64(60)70-66/h1-44H. The van der Waals surface area contributed by atoms with Crippen LogP contribution in [0, 0.1) is 0 Å². The number of benzene rings is 11. The molecule has 0 saturated heterocycles. The van der Waals surface area contributed by atoms with Crippen LogP contribution < -0.4 is 9.80 Å². The predicted octanol–water partition coefficient (Wildman–Crippen LogP) is 20.0. The number of hydrogen-bond donors (Lipinski definition) is 0. The summed E-state index contributed by atoms with van der Waals surface area (Å²) in [6.07, 6.45) is 0. The molecule has 0 amide bonds. The Morgan fingerprint density at radius 3 is 0.771 bits per heavy atom. The third-order valence-electron chi connectivity index (χ3n) is 13.5. The van der Waals surface area contributed by atoms with Crippen molar-refractivity contribution >= 4 is 97.1 Å². The first-order valence-electron chi connectivity index (χ1n) is 23.7. The number of rotatable bonds is 10. The topological polar surface area (TPSA) is 6.48 Å². The van der Waals surface area contributed by atoms with E-state index in [0.717, 1.165) is 34.1 Å². The van der Waals surface area contributed by atoms with Crippen molar-refractivity contribution in [3.63, 3.8) is 0 Å². The fourth-order valence-electron chi connectivity index (χ4n) is 9.93. The van der Waals surface area contributed by atoms with E-state index in [1.807, 2.05) is 22.7 Å². The van der Waals surface area contributed by atoms with Gasteiger partial charge in [-0.25, -0.2) is 0 Å². The van der Waals surface area contributed by atoms with Gasteiger partial charge >= 0.3 is 0 Å². The summed E-state index contributed by atoms with van der Waals surface area (Å²) >= 11 is 3.72. The van der Waals surface area contributed by atoms with E-state index in [1.165, 1.54) is 84.9 Å². The second kappa shape index (κ2) is 17.8. The molecule has 0 spiro atoms. The molecule has 0 bridgehead atoms. The van der Waals surface area contributed by atoms with E-state index in [-0.39, 0.29) is 0 Å². The Morgan fingerprint density at radius 1 is 0.186 bits per heavy atom. The molecule has 0 saturated carbocycles. The van der Waals surface area contributed by atoms with Gasteiger partial charge in [0.25, 0.3) is 0 Å². The van der Waals surface area contributed by atoms with Crippen molar-refractivity contribution in [3.8, 4) is 44.5 Å². The van der Waals surface area contributed by atoms with E-state index in [1.54, 1.807) is 0 Å². The summed E-state index contributed by atoms with van der Waals surface area (Å²) < 4.78 is 5.31. The minimum atomic E-state index is 1.11. The van der Waals surface area contributed by atoms with Crippen LogP contribution in [-0.2, 0) is 0 Å². The molecule has 11 aromatic carbocycles. The molecule has 0 unspecified atom stereocenters. The maximum atomic E-state index is 2.34. The third-order valence-corrected chi connectivity index (χ3v) is 15.8. The van der Waals surface area contributed by atoms with Crippen molar-refractivity contribution < 1.29 is 0 Å². The number of nitrogens with zero attached hydrogens (tertiary/aromatic N) is 2. The lowest BCUT2D eigenvalue weighted by molar-refractivity contribution is 1.28. The van der Waals surface area contributed by atoms with Crippen molar-refractivity contribution in [3.05, 3.63) is 267 Å². The number of hydrogen-bond acceptors (Lipinski definition) is 4. The molecule has 0 atom stereocenters. The molecule has 0 radical (unpaired) electrons. The normalized spacial score (nSPS) is 11.4. The first kappa shape index (κ1) is 41.6. The van der Waals surface area contributed by atoms with Crippen molar-refractivity contribution in [2.75, 3.05) is 9.80 Å². The van der Waals surface area contributed by atoms with Crippen LogP contribution >= 0.6 is 22.7 Å². The zero-order valence-electron chi connectivity index (χ0n) is 38.1. The molecule has 2 aromatic heterocycles. The molecule has 70 heavy (non-hydrogen) atoms. The monoisotopic (exact) mass is 928 g/mol. The summed E-state index contributed by atoms with van der Waals surface area (Å²) in [7, 11) is 0. The largest absolute Gasteiger partial charge is 0.311 e. The maximum Gasteiger partial charge on any atom is 0.0462 e. The molecule has 0 aliphatic heterocycles. The predicted molar refractivity (Wildman–Crippen MR) is 303 cm³/mol. The van der Waals surface area contributed by atoms with Gasteiger partial charge in [0, 0.05) is 74.5 Å². The Balaban J connectivity index is 0.738. The summed E-state index contributed by atoms with van der Waals surface area (Å²) in [5.74, 6) is 0. The van der Waals surface area contributed by atoms with Crippen LogP contribution in [0.25, 0.3) is 84.9 Å². The van der Waals surface area contributed by atoms with Gasteiger partial charge in [0.05, 0.1) is 0 Å². The highest BCUT2D eigenvalue weighted by Gasteiger charge is 2.16. The third kappa shape index (κ3) is 7.79. The molecule has 0 aliphatic carbocycles. The van der Waals surface area contributed by atoms with Crippen LogP contribution in [0.1, 0.15) is 0 Å². The van der Waals surface area contributed by atoms with Gasteiger partial charge in [0.15, 0.2) is 0 Å². The van der Waals surface area contributed by atoms with E-state index in [4.69, 9.17) is 0 Å². The molecule has 13 rings (SSSR count). The zero-order chi connectivity index (χ0) is 46.4. The van der Waals surface area contributed by atoms with E-state index in [2.05, 4.69) is 277 Å². The molecular weight excluding hydrogens is 885 g/mol. The number of para-hydroxylation sites is 2. The SMILES string of the molecule is c1ccc(N(c2ccc(-c3ccc(-c4ccc(N(c5ccccc5)c5ccc(-c6ccc7sc8ccccc8c7c6)cc5)cc4)cc3)cc2)c2ccc(-c3ccc4sc5ccccc5c4c3)cc2)cc1. The summed E-state index contributed by atoms with van der Waals surface area (Å²) in [6.45, 7) is 0. The van der Waals surface area contributed by atoms with Crippen molar-refractivity contribution in [1.29, 1.82) is 0 Å². The molecule has 0 aliphatic rings. The fourth-order valence-corrected chi connectivity index (χ4v) is 12.1. The summed E-state index contributed by atoms with van der Waals surface area (Å²) in [5.41, 5.74) is 16.3. The van der Waals surface area contributed by atoms with Crippen LogP contribution in [0.15, 0.2) is 267 Å². The highest BCUT2D eigenvalue weighted by molar-refractivity contribution is 7.26. The lowest BCUT2D eigenvalue weighted by Crippen LogP contribution is -2.09. The molecule has 2 heterocycles. The Kier molecular flexibility index (Phi) is 10.6. The molecule has 0 N–H and O–H groups in total. The lowest BCUT2D eigenvalue weighted by Gasteiger charge is -2.26. The highest BCUT2D eigenvalue weighted by Crippen LogP contribution is 2.42. The molecule has 4 heteroatoms. The van der Waals surface area contributed by atoms with Crippen molar-refractivity contribution in [2.45, 2.75) is 0 Å². The minimum absolute atomic E-state index is 1.11. The van der Waals surface area contributed by atoms with Crippen molar-refractivity contribution in [1.82, 2.24) is 0 Å². The first-order valence-corrected chi connectivity index (χ1v) is 25.4. The molecule has 2 nitrogen and oxygen atoms in total. The number of thiophene rings is 2. The van der Waals surface area contributed by atoms with Crippen LogP contribution in [0.4, 0.5) is 34.1 Å². The summed E-state index contributed by atoms with van der Waals surface area (Å²) in [6, 6.07) is 97.1. The van der Waals surface area contributed by atoms with Crippen LogP contribution in [0.5, 0.6) is 0 Å². The Labute approximate surface area is 415 Å². The van der Waals surface area contributed by atoms with Crippen molar-refractivity contribution in [2.24, 2.45) is 0 Å². The smallest absolute Gasteiger partial charge is 0.0462 e. The molecule has 13 aromatic rings. The number of anilines is 6. The Morgan fingerprint density at radius 2 is 0.429 bits per heavy atom. The molecule has 330 valence electrons. The quantitative estimate of drug-likeness (QED) is 0.135. The van der Waals surface area contributed by atoms with Gasteiger partial charge < -0.3 is 9.80 Å². The van der Waals surface area contributed by atoms with Gasteiger partial charge in [-0.2, -0.15) is 0 Å². The molecular formula is C66H44N2S2. The van der Waals surface area contributed by atoms with Crippen LogP contribution in [0.2, 0.25) is 0 Å². The average molecular weight is 929 g/mol. The molecule has 0 fully saturated rings. The van der Waals surface area contributed by atoms with Gasteiger partial charge in [-0.15, -0.1) is 22.7 Å². The first-order chi connectivity index (χ1) is 34.7. The second-order valence-electron chi connectivity index (χ2n) is 17.7. The number of fused-ring (bicyclic) bond motifs is 6. The average Bonchev–Trinajstić information content (AvgIpc) is 4.00. The van der Waals surface area contributed by atoms with Gasteiger partial charge in [0.1, 0.15) is 0 Å². The zero-order valence-corrected chi connectivity index (χ0v) is 39.7. The van der Waals surface area contributed by atoms with Gasteiger partial charge in [-0.3, -0.25) is 0 Å². The summed E-state index contributed by atoms with van der Waals surface area (Å²) in [4.78, 5) is 4.66. The Bertz CT molecular complexity index is 3690. The second-order valence-corrected chi connectivity index (χ2v) is 19.9. The van der Waals surface area contributed by atoms with Crippen LogP contribution in [-0.4, -0.2) is 0 Å². The van der Waals surface area contributed by atoms with Gasteiger partial charge in [-0.1, -0.05) is 158 Å². The fraction of sp³-hybridized carbons (Fsp3) is 0. The van der Waals surface area contributed by atoms with E-state index < -0.39 is 0 Å². The maximum absolute atomic E-state index is 2.34. The van der Waals surface area contributed by atoms with E-state index in [0.29, 0.717) is 0 Å². The highest BCUT2D eigenvalue weighted by atomic mass is 32.1. The van der Waals surface area contributed by atoms with Gasteiger partial charge in [0.2, 0.25) is 0 Å².